The summed E-state index contributed by atoms with van der Waals surface area (Å²) in [5.74, 6) is -0.0953. The molecule has 0 aliphatic heterocycles. The van der Waals surface area contributed by atoms with Crippen LogP contribution in [0.5, 0.6) is 0 Å². The molecule has 2 aromatic rings. The highest BCUT2D eigenvalue weighted by Crippen LogP contribution is 2.16. The fourth-order valence-electron chi connectivity index (χ4n) is 1.96. The van der Waals surface area contributed by atoms with Crippen LogP contribution in [0.15, 0.2) is 24.4 Å². The van der Waals surface area contributed by atoms with Crippen molar-refractivity contribution in [1.29, 1.82) is 0 Å². The zero-order valence-corrected chi connectivity index (χ0v) is 12.1. The van der Waals surface area contributed by atoms with Gasteiger partial charge >= 0.3 is 5.82 Å². The molecule has 0 spiro atoms. The quantitative estimate of drug-likeness (QED) is 0.690. The molecule has 110 valence electrons. The number of hydrogen-bond donors (Lipinski definition) is 1. The highest BCUT2D eigenvalue weighted by molar-refractivity contribution is 5.90. The van der Waals surface area contributed by atoms with E-state index < -0.39 is 4.92 Å². The molecular weight excluding hydrogens is 272 g/mol. The second-order valence-corrected chi connectivity index (χ2v) is 4.85. The Hall–Kier alpha value is -2.70. The van der Waals surface area contributed by atoms with Crippen molar-refractivity contribution in [2.75, 3.05) is 5.32 Å². The molecule has 0 fully saturated rings. The van der Waals surface area contributed by atoms with Gasteiger partial charge in [-0.25, -0.2) is 9.55 Å². The summed E-state index contributed by atoms with van der Waals surface area (Å²) in [4.78, 5) is 26.2. The number of anilines is 1. The summed E-state index contributed by atoms with van der Waals surface area (Å²) in [6, 6.07) is 5.58. The largest absolute Gasteiger partial charge is 0.358 e. The Bertz CT molecular complexity index is 706. The molecule has 1 aromatic carbocycles. The molecule has 1 N–H and O–H groups in total. The summed E-state index contributed by atoms with van der Waals surface area (Å²) in [6.45, 7) is 5.42. The maximum atomic E-state index is 12.0. The number of carbonyl (C=O) groups is 1. The van der Waals surface area contributed by atoms with Gasteiger partial charge in [-0.2, -0.15) is 0 Å². The van der Waals surface area contributed by atoms with Crippen LogP contribution in [0, 0.1) is 30.9 Å². The molecule has 0 radical (unpaired) electrons. The number of aryl methyl sites for hydroxylation is 3. The number of rotatable bonds is 4. The number of hydrogen-bond acceptors (Lipinski definition) is 4. The Balaban J connectivity index is 2.13. The number of benzene rings is 1. The molecule has 0 aliphatic carbocycles. The van der Waals surface area contributed by atoms with E-state index in [0.29, 0.717) is 11.5 Å². The van der Waals surface area contributed by atoms with Gasteiger partial charge in [0.1, 0.15) is 6.20 Å². The summed E-state index contributed by atoms with van der Waals surface area (Å²) in [7, 11) is 0. The minimum Gasteiger partial charge on any atom is -0.358 e. The maximum Gasteiger partial charge on any atom is 0.343 e. The maximum absolute atomic E-state index is 12.0. The lowest BCUT2D eigenvalue weighted by Gasteiger charge is -2.07. The third-order valence-electron chi connectivity index (χ3n) is 3.31. The molecule has 0 atom stereocenters. The molecule has 1 heterocycles. The fraction of sp³-hybridized carbons (Fsp3) is 0.286. The average molecular weight is 288 g/mol. The summed E-state index contributed by atoms with van der Waals surface area (Å²) < 4.78 is 1.27. The van der Waals surface area contributed by atoms with Gasteiger partial charge in [-0.3, -0.25) is 4.79 Å². The Morgan fingerprint density at radius 3 is 2.67 bits per heavy atom. The van der Waals surface area contributed by atoms with Crippen LogP contribution in [-0.2, 0) is 11.3 Å². The van der Waals surface area contributed by atoms with Gasteiger partial charge in [0.25, 0.3) is 5.91 Å². The van der Waals surface area contributed by atoms with E-state index in [0.717, 1.165) is 17.3 Å². The second kappa shape index (κ2) is 5.74. The van der Waals surface area contributed by atoms with Gasteiger partial charge in [0.05, 0.1) is 0 Å². The van der Waals surface area contributed by atoms with Crippen molar-refractivity contribution in [3.8, 4) is 0 Å². The van der Waals surface area contributed by atoms with E-state index in [4.69, 9.17) is 0 Å². The van der Waals surface area contributed by atoms with Gasteiger partial charge in [-0.1, -0.05) is 6.07 Å². The minimum absolute atomic E-state index is 0.144. The molecule has 2 rings (SSSR count). The first-order valence-corrected chi connectivity index (χ1v) is 6.42. The molecule has 7 nitrogen and oxygen atoms in total. The number of nitrogens with zero attached hydrogens (tertiary/aromatic N) is 3. The van der Waals surface area contributed by atoms with Gasteiger partial charge < -0.3 is 15.4 Å². The first-order valence-electron chi connectivity index (χ1n) is 6.42. The molecule has 0 bridgehead atoms. The van der Waals surface area contributed by atoms with Crippen molar-refractivity contribution in [2.24, 2.45) is 0 Å². The number of nitrogens with one attached hydrogen (secondary N) is 1. The van der Waals surface area contributed by atoms with Crippen LogP contribution in [-0.4, -0.2) is 20.4 Å². The first kappa shape index (κ1) is 14.7. The van der Waals surface area contributed by atoms with Crippen LogP contribution in [0.25, 0.3) is 0 Å². The fourth-order valence-corrected chi connectivity index (χ4v) is 1.96. The summed E-state index contributed by atoms with van der Waals surface area (Å²) >= 11 is 0. The lowest BCUT2D eigenvalue weighted by Crippen LogP contribution is -2.20. The van der Waals surface area contributed by atoms with Gasteiger partial charge in [0.2, 0.25) is 0 Å². The second-order valence-electron chi connectivity index (χ2n) is 4.85. The molecule has 0 saturated carbocycles. The highest BCUT2D eigenvalue weighted by atomic mass is 16.6. The van der Waals surface area contributed by atoms with Crippen LogP contribution in [0.4, 0.5) is 11.5 Å². The number of nitro groups is 1. The van der Waals surface area contributed by atoms with Crippen molar-refractivity contribution in [3.05, 3.63) is 51.5 Å². The standard InChI is InChI=1S/C14H16N4O3/c1-9-4-5-12(6-10(9)2)16-13(19)8-17-11(3)15-7-14(17)18(20)21/h4-7H,8H2,1-3H3,(H,16,19). The van der Waals surface area contributed by atoms with E-state index in [1.165, 1.54) is 4.57 Å². The molecule has 0 aliphatic rings. The number of carbonyl (C=O) groups excluding carboxylic acids is 1. The van der Waals surface area contributed by atoms with E-state index >= 15 is 0 Å². The molecule has 0 saturated heterocycles. The van der Waals surface area contributed by atoms with Crippen LogP contribution in [0.2, 0.25) is 0 Å². The Morgan fingerprint density at radius 2 is 2.05 bits per heavy atom. The van der Waals surface area contributed by atoms with E-state index in [1.807, 2.05) is 26.0 Å². The summed E-state index contributed by atoms with van der Waals surface area (Å²) in [5.41, 5.74) is 2.87. The number of imidazole rings is 1. The molecule has 1 amide bonds. The smallest absolute Gasteiger partial charge is 0.343 e. The third-order valence-corrected chi connectivity index (χ3v) is 3.31. The van der Waals surface area contributed by atoms with Crippen LogP contribution in [0.3, 0.4) is 0 Å². The topological polar surface area (TPSA) is 90.1 Å². The zero-order valence-electron chi connectivity index (χ0n) is 12.1. The average Bonchev–Trinajstić information content (AvgIpc) is 2.76. The predicted octanol–water partition coefficient (Wildman–Crippen LogP) is 2.36. The Morgan fingerprint density at radius 1 is 1.33 bits per heavy atom. The normalized spacial score (nSPS) is 10.4. The molecular formula is C14H16N4O3. The predicted molar refractivity (Wildman–Crippen MR) is 78.2 cm³/mol. The van der Waals surface area contributed by atoms with E-state index in [9.17, 15) is 14.9 Å². The first-order chi connectivity index (χ1) is 9.88. The summed E-state index contributed by atoms with van der Waals surface area (Å²) in [6.07, 6.45) is 1.15. The van der Waals surface area contributed by atoms with Crippen LogP contribution < -0.4 is 5.32 Å². The SMILES string of the molecule is Cc1ccc(NC(=O)Cn2c([N+](=O)[O-])cnc2C)cc1C. The van der Waals surface area contributed by atoms with Gasteiger partial charge in [0.15, 0.2) is 12.4 Å². The van der Waals surface area contributed by atoms with Gasteiger partial charge in [-0.15, -0.1) is 0 Å². The van der Waals surface area contributed by atoms with Gasteiger partial charge in [0, 0.05) is 12.6 Å². The van der Waals surface area contributed by atoms with Crippen LogP contribution in [0.1, 0.15) is 17.0 Å². The van der Waals surface area contributed by atoms with Crippen molar-refractivity contribution in [2.45, 2.75) is 27.3 Å². The zero-order chi connectivity index (χ0) is 15.6. The van der Waals surface area contributed by atoms with Crippen LogP contribution >= 0.6 is 0 Å². The van der Waals surface area contributed by atoms with Gasteiger partial charge in [-0.05, 0) is 42.0 Å². The molecule has 21 heavy (non-hydrogen) atoms. The van der Waals surface area contributed by atoms with Crippen molar-refractivity contribution in [3.63, 3.8) is 0 Å². The van der Waals surface area contributed by atoms with Crippen molar-refractivity contribution in [1.82, 2.24) is 9.55 Å². The minimum atomic E-state index is -0.552. The Kier molecular flexibility index (Phi) is 4.02. The van der Waals surface area contributed by atoms with E-state index in [-0.39, 0.29) is 18.3 Å². The van der Waals surface area contributed by atoms with Crippen molar-refractivity contribution >= 4 is 17.4 Å². The lowest BCUT2D eigenvalue weighted by molar-refractivity contribution is -0.392. The Labute approximate surface area is 121 Å². The monoisotopic (exact) mass is 288 g/mol. The third kappa shape index (κ3) is 3.25. The highest BCUT2D eigenvalue weighted by Gasteiger charge is 2.20. The number of amides is 1. The van der Waals surface area contributed by atoms with Crippen molar-refractivity contribution < 1.29 is 9.72 Å². The summed E-state index contributed by atoms with van der Waals surface area (Å²) in [5, 5.41) is 13.6. The molecule has 7 heteroatoms. The number of aromatic nitrogens is 2. The molecule has 1 aromatic heterocycles. The van der Waals surface area contributed by atoms with E-state index in [2.05, 4.69) is 10.3 Å². The van der Waals surface area contributed by atoms with E-state index in [1.54, 1.807) is 13.0 Å². The lowest BCUT2D eigenvalue weighted by atomic mass is 10.1. The molecule has 0 unspecified atom stereocenters.